The maximum absolute atomic E-state index is 12.4. The molecule has 1 aliphatic heterocycles. The number of nitrogens with zero attached hydrogens (tertiary/aromatic N) is 3. The summed E-state index contributed by atoms with van der Waals surface area (Å²) in [7, 11) is 1.72. The van der Waals surface area contributed by atoms with Crippen LogP contribution >= 0.6 is 11.6 Å². The molecule has 0 spiro atoms. The highest BCUT2D eigenvalue weighted by molar-refractivity contribution is 6.34. The van der Waals surface area contributed by atoms with Crippen molar-refractivity contribution in [2.75, 3.05) is 7.05 Å². The molecular weight excluding hydrogens is 262 g/mol. The second-order valence-corrected chi connectivity index (χ2v) is 4.76. The lowest BCUT2D eigenvalue weighted by Gasteiger charge is -2.14. The summed E-state index contributed by atoms with van der Waals surface area (Å²) in [5.41, 5.74) is 2.56. The monoisotopic (exact) mass is 271 g/mol. The van der Waals surface area contributed by atoms with Gasteiger partial charge in [-0.25, -0.2) is 4.98 Å². The molecule has 2 heterocycles. The van der Waals surface area contributed by atoms with E-state index in [0.717, 1.165) is 5.69 Å². The standard InChI is InChI=1S/C14H10ClN3O/c1-3-10-12-7-17(2)14(19)13-9(15)5-4-6-11(13)18(12)8-16-10/h1,4-6,8H,7H2,2H3. The Kier molecular flexibility index (Phi) is 2.58. The zero-order valence-electron chi connectivity index (χ0n) is 10.2. The minimum atomic E-state index is -0.118. The van der Waals surface area contributed by atoms with E-state index in [1.165, 1.54) is 0 Å². The fourth-order valence-corrected chi connectivity index (χ4v) is 2.52. The number of amides is 1. The van der Waals surface area contributed by atoms with Crippen molar-refractivity contribution in [3.8, 4) is 18.0 Å². The van der Waals surface area contributed by atoms with Crippen molar-refractivity contribution >= 4 is 17.5 Å². The Morgan fingerprint density at radius 1 is 1.47 bits per heavy atom. The molecule has 0 fully saturated rings. The molecule has 19 heavy (non-hydrogen) atoms. The Bertz CT molecular complexity index is 727. The van der Waals surface area contributed by atoms with Crippen LogP contribution < -0.4 is 0 Å². The Morgan fingerprint density at radius 2 is 2.26 bits per heavy atom. The molecule has 1 aromatic carbocycles. The third kappa shape index (κ3) is 1.63. The molecule has 94 valence electrons. The summed E-state index contributed by atoms with van der Waals surface area (Å²) >= 11 is 6.16. The number of terminal acetylenes is 1. The largest absolute Gasteiger partial charge is 0.336 e. The van der Waals surface area contributed by atoms with Gasteiger partial charge in [-0.3, -0.25) is 9.36 Å². The molecule has 0 saturated carbocycles. The zero-order valence-corrected chi connectivity index (χ0v) is 11.0. The molecule has 0 atom stereocenters. The number of carbonyl (C=O) groups excluding carboxylic acids is 1. The molecule has 5 heteroatoms. The summed E-state index contributed by atoms with van der Waals surface area (Å²) in [5.74, 6) is 2.42. The third-order valence-electron chi connectivity index (χ3n) is 3.20. The van der Waals surface area contributed by atoms with Crippen LogP contribution in [0.5, 0.6) is 0 Å². The summed E-state index contributed by atoms with van der Waals surface area (Å²) < 4.78 is 1.83. The maximum atomic E-state index is 12.4. The molecule has 0 N–H and O–H groups in total. The Labute approximate surface area is 115 Å². The van der Waals surface area contributed by atoms with E-state index in [9.17, 15) is 4.79 Å². The number of benzene rings is 1. The van der Waals surface area contributed by atoms with E-state index >= 15 is 0 Å². The second kappa shape index (κ2) is 4.15. The highest BCUT2D eigenvalue weighted by Gasteiger charge is 2.27. The third-order valence-corrected chi connectivity index (χ3v) is 3.52. The van der Waals surface area contributed by atoms with Crippen molar-refractivity contribution in [1.82, 2.24) is 14.5 Å². The van der Waals surface area contributed by atoms with E-state index in [2.05, 4.69) is 10.9 Å². The molecule has 1 aliphatic rings. The molecule has 0 aliphatic carbocycles. The first-order valence-corrected chi connectivity index (χ1v) is 6.08. The molecule has 2 aromatic rings. The first-order valence-electron chi connectivity index (χ1n) is 5.70. The quantitative estimate of drug-likeness (QED) is 0.688. The van der Waals surface area contributed by atoms with Gasteiger partial charge in [0, 0.05) is 7.05 Å². The molecule has 3 rings (SSSR count). The number of hydrogen-bond donors (Lipinski definition) is 0. The number of carbonyl (C=O) groups is 1. The van der Waals surface area contributed by atoms with Crippen molar-refractivity contribution in [3.05, 3.63) is 46.5 Å². The second-order valence-electron chi connectivity index (χ2n) is 4.35. The van der Waals surface area contributed by atoms with Crippen LogP contribution in [0.25, 0.3) is 5.69 Å². The van der Waals surface area contributed by atoms with E-state index in [-0.39, 0.29) is 5.91 Å². The number of hydrogen-bond acceptors (Lipinski definition) is 2. The minimum Gasteiger partial charge on any atom is -0.336 e. The highest BCUT2D eigenvalue weighted by Crippen LogP contribution is 2.29. The summed E-state index contributed by atoms with van der Waals surface area (Å²) in [5, 5.41) is 0.429. The fourth-order valence-electron chi connectivity index (χ4n) is 2.27. The molecule has 0 bridgehead atoms. The normalized spacial score (nSPS) is 13.5. The van der Waals surface area contributed by atoms with Gasteiger partial charge in [-0.05, 0) is 18.1 Å². The number of fused-ring (bicyclic) bond motifs is 3. The van der Waals surface area contributed by atoms with Gasteiger partial charge in [-0.1, -0.05) is 17.7 Å². The lowest BCUT2D eigenvalue weighted by molar-refractivity contribution is 0.0788. The van der Waals surface area contributed by atoms with E-state index < -0.39 is 0 Å². The van der Waals surface area contributed by atoms with Gasteiger partial charge in [0.25, 0.3) is 5.91 Å². The highest BCUT2D eigenvalue weighted by atomic mass is 35.5. The van der Waals surface area contributed by atoms with Crippen LogP contribution in [0.2, 0.25) is 5.02 Å². The molecule has 1 aromatic heterocycles. The summed E-state index contributed by atoms with van der Waals surface area (Å²) in [6.07, 6.45) is 7.08. The first kappa shape index (κ1) is 11.8. The number of imidazole rings is 1. The van der Waals surface area contributed by atoms with Gasteiger partial charge in [0.05, 0.1) is 28.5 Å². The topological polar surface area (TPSA) is 38.1 Å². The summed E-state index contributed by atoms with van der Waals surface area (Å²) in [6.45, 7) is 0.406. The van der Waals surface area contributed by atoms with Gasteiger partial charge in [-0.2, -0.15) is 0 Å². The van der Waals surface area contributed by atoms with Crippen LogP contribution in [0.15, 0.2) is 24.5 Å². The summed E-state index contributed by atoms with van der Waals surface area (Å²) in [6, 6.07) is 5.35. The lowest BCUT2D eigenvalue weighted by atomic mass is 10.1. The van der Waals surface area contributed by atoms with Gasteiger partial charge in [0.1, 0.15) is 12.0 Å². The van der Waals surface area contributed by atoms with Crippen LogP contribution in [-0.4, -0.2) is 27.4 Å². The van der Waals surface area contributed by atoms with Crippen LogP contribution in [0.1, 0.15) is 21.7 Å². The summed E-state index contributed by atoms with van der Waals surface area (Å²) in [4.78, 5) is 18.2. The molecule has 0 radical (unpaired) electrons. The number of rotatable bonds is 0. The van der Waals surface area contributed by atoms with Gasteiger partial charge >= 0.3 is 0 Å². The predicted molar refractivity (Wildman–Crippen MR) is 72.3 cm³/mol. The molecule has 0 saturated heterocycles. The predicted octanol–water partition coefficient (Wildman–Crippen LogP) is 2.09. The smallest absolute Gasteiger partial charge is 0.257 e. The van der Waals surface area contributed by atoms with Crippen LogP contribution in [0.4, 0.5) is 0 Å². The van der Waals surface area contributed by atoms with E-state index in [1.807, 2.05) is 10.6 Å². The Morgan fingerprint density at radius 3 is 3.00 bits per heavy atom. The van der Waals surface area contributed by atoms with Gasteiger partial charge in [0.15, 0.2) is 0 Å². The molecule has 1 amide bonds. The van der Waals surface area contributed by atoms with Crippen LogP contribution in [-0.2, 0) is 6.54 Å². The average molecular weight is 272 g/mol. The van der Waals surface area contributed by atoms with Crippen molar-refractivity contribution in [1.29, 1.82) is 0 Å². The van der Waals surface area contributed by atoms with E-state index in [4.69, 9.17) is 18.0 Å². The zero-order chi connectivity index (χ0) is 13.6. The minimum absolute atomic E-state index is 0.118. The SMILES string of the molecule is C#Cc1ncn2c1CN(C)C(=O)c1c(Cl)cccc1-2. The average Bonchev–Trinajstić information content (AvgIpc) is 2.75. The maximum Gasteiger partial charge on any atom is 0.257 e. The molecule has 4 nitrogen and oxygen atoms in total. The van der Waals surface area contributed by atoms with Gasteiger partial charge < -0.3 is 4.90 Å². The number of halogens is 1. The van der Waals surface area contributed by atoms with Gasteiger partial charge in [-0.15, -0.1) is 6.42 Å². The van der Waals surface area contributed by atoms with Crippen LogP contribution in [0.3, 0.4) is 0 Å². The Hall–Kier alpha value is -2.25. The van der Waals surface area contributed by atoms with Crippen molar-refractivity contribution in [2.24, 2.45) is 0 Å². The molecular formula is C14H10ClN3O. The van der Waals surface area contributed by atoms with Crippen molar-refractivity contribution in [2.45, 2.75) is 6.54 Å². The number of aromatic nitrogens is 2. The first-order chi connectivity index (χ1) is 9.13. The van der Waals surface area contributed by atoms with Crippen LogP contribution in [0, 0.1) is 12.3 Å². The van der Waals surface area contributed by atoms with Crippen molar-refractivity contribution < 1.29 is 4.79 Å². The van der Waals surface area contributed by atoms with E-state index in [1.54, 1.807) is 30.4 Å². The fraction of sp³-hybridized carbons (Fsp3) is 0.143. The van der Waals surface area contributed by atoms with Crippen molar-refractivity contribution in [3.63, 3.8) is 0 Å². The van der Waals surface area contributed by atoms with Gasteiger partial charge in [0.2, 0.25) is 0 Å². The Balaban J connectivity index is 2.37. The molecule has 0 unspecified atom stereocenters. The lowest BCUT2D eigenvalue weighted by Crippen LogP contribution is -2.25. The van der Waals surface area contributed by atoms with E-state index in [0.29, 0.717) is 28.5 Å².